The van der Waals surface area contributed by atoms with E-state index < -0.39 is 29.8 Å². The monoisotopic (exact) mass is 378 g/mol. The molecule has 0 heterocycles. The molecule has 0 spiro atoms. The maximum absolute atomic E-state index is 12.4. The van der Waals surface area contributed by atoms with E-state index in [-0.39, 0.29) is 11.3 Å². The van der Waals surface area contributed by atoms with Crippen molar-refractivity contribution in [3.8, 4) is 0 Å². The number of nitrogens with one attached hydrogen (secondary N) is 2. The van der Waals surface area contributed by atoms with Crippen molar-refractivity contribution in [2.45, 2.75) is 39.3 Å². The van der Waals surface area contributed by atoms with E-state index in [2.05, 4.69) is 15.4 Å². The summed E-state index contributed by atoms with van der Waals surface area (Å²) in [6.07, 6.45) is -1.47. The lowest BCUT2D eigenvalue weighted by Gasteiger charge is -2.24. The molecular weight excluding hydrogens is 352 g/mol. The number of rotatable bonds is 5. The standard InChI is InChI=1S/C19H26N2O6/c1-12(20-18(24)27-19(2,3)4)14(16(22)25-5)15(21-17(23)26-6)13-10-8-7-9-11-13/h7-11,15H,1-6H3,(H,20,24)(H,21,23)/b14-12-/t15-/m0/s1. The second-order valence-electron chi connectivity index (χ2n) is 6.64. The maximum Gasteiger partial charge on any atom is 0.411 e. The van der Waals surface area contributed by atoms with Crippen LogP contribution in [-0.2, 0) is 19.0 Å². The van der Waals surface area contributed by atoms with Crippen molar-refractivity contribution in [1.29, 1.82) is 0 Å². The van der Waals surface area contributed by atoms with Gasteiger partial charge in [-0.05, 0) is 33.3 Å². The highest BCUT2D eigenvalue weighted by Gasteiger charge is 2.29. The van der Waals surface area contributed by atoms with E-state index in [1.807, 2.05) is 0 Å². The summed E-state index contributed by atoms with van der Waals surface area (Å²) in [4.78, 5) is 36.4. The molecule has 1 aromatic carbocycles. The Morgan fingerprint density at radius 1 is 0.963 bits per heavy atom. The summed E-state index contributed by atoms with van der Waals surface area (Å²) in [5.74, 6) is -0.714. The highest BCUT2D eigenvalue weighted by Crippen LogP contribution is 2.25. The molecule has 1 rings (SSSR count). The second kappa shape index (κ2) is 9.61. The third-order valence-corrected chi connectivity index (χ3v) is 3.37. The number of methoxy groups -OCH3 is 2. The first kappa shape index (κ1) is 22.0. The van der Waals surface area contributed by atoms with Crippen LogP contribution in [0, 0.1) is 0 Å². The van der Waals surface area contributed by atoms with Gasteiger partial charge in [0, 0.05) is 5.70 Å². The summed E-state index contributed by atoms with van der Waals surface area (Å²) in [5.41, 5.74) is 0.119. The van der Waals surface area contributed by atoms with Crippen molar-refractivity contribution < 1.29 is 28.6 Å². The molecular formula is C19H26N2O6. The van der Waals surface area contributed by atoms with Crippen molar-refractivity contribution >= 4 is 18.2 Å². The molecule has 2 N–H and O–H groups in total. The normalized spacial score (nSPS) is 13.0. The SMILES string of the molecule is COC(=O)N[C@H](/C(C(=O)OC)=C(\C)NC(=O)OC(C)(C)C)c1ccccc1. The molecule has 0 unspecified atom stereocenters. The van der Waals surface area contributed by atoms with Crippen LogP contribution in [0.15, 0.2) is 41.6 Å². The molecule has 8 heteroatoms. The second-order valence-corrected chi connectivity index (χ2v) is 6.64. The molecule has 0 bridgehead atoms. The molecule has 1 atom stereocenters. The zero-order valence-corrected chi connectivity index (χ0v) is 16.4. The van der Waals surface area contributed by atoms with E-state index in [9.17, 15) is 14.4 Å². The summed E-state index contributed by atoms with van der Waals surface area (Å²) in [5, 5.41) is 5.11. The van der Waals surface area contributed by atoms with Crippen molar-refractivity contribution in [3.05, 3.63) is 47.2 Å². The minimum Gasteiger partial charge on any atom is -0.466 e. The van der Waals surface area contributed by atoms with Crippen molar-refractivity contribution in [3.63, 3.8) is 0 Å². The van der Waals surface area contributed by atoms with Gasteiger partial charge in [0.15, 0.2) is 0 Å². The number of benzene rings is 1. The van der Waals surface area contributed by atoms with E-state index >= 15 is 0 Å². The Labute approximate surface area is 158 Å². The van der Waals surface area contributed by atoms with Gasteiger partial charge in [-0.15, -0.1) is 0 Å². The largest absolute Gasteiger partial charge is 0.466 e. The third-order valence-electron chi connectivity index (χ3n) is 3.37. The van der Waals surface area contributed by atoms with Crippen LogP contribution < -0.4 is 10.6 Å². The Hall–Kier alpha value is -3.03. The van der Waals surface area contributed by atoms with Gasteiger partial charge in [0.05, 0.1) is 25.8 Å². The van der Waals surface area contributed by atoms with Gasteiger partial charge >= 0.3 is 18.2 Å². The first-order chi connectivity index (χ1) is 12.6. The number of esters is 1. The van der Waals surface area contributed by atoms with Gasteiger partial charge in [-0.3, -0.25) is 5.32 Å². The van der Waals surface area contributed by atoms with E-state index in [4.69, 9.17) is 9.47 Å². The fourth-order valence-electron chi connectivity index (χ4n) is 2.27. The van der Waals surface area contributed by atoms with Crippen LogP contribution >= 0.6 is 0 Å². The topological polar surface area (TPSA) is 103 Å². The Morgan fingerprint density at radius 3 is 2.04 bits per heavy atom. The molecule has 148 valence electrons. The van der Waals surface area contributed by atoms with Crippen LogP contribution in [-0.4, -0.2) is 38.0 Å². The molecule has 1 aromatic rings. The first-order valence-corrected chi connectivity index (χ1v) is 8.27. The van der Waals surface area contributed by atoms with Crippen molar-refractivity contribution in [1.82, 2.24) is 10.6 Å². The number of alkyl carbamates (subject to hydrolysis) is 2. The Bertz CT molecular complexity index is 707. The van der Waals surface area contributed by atoms with E-state index in [1.54, 1.807) is 51.1 Å². The fraction of sp³-hybridized carbons (Fsp3) is 0.421. The lowest BCUT2D eigenvalue weighted by Crippen LogP contribution is -2.36. The van der Waals surface area contributed by atoms with Gasteiger partial charge in [-0.2, -0.15) is 0 Å². The number of hydrogen-bond acceptors (Lipinski definition) is 6. The molecule has 0 aromatic heterocycles. The molecule has 0 saturated carbocycles. The third kappa shape index (κ3) is 7.01. The van der Waals surface area contributed by atoms with Crippen LogP contribution in [0.2, 0.25) is 0 Å². The maximum atomic E-state index is 12.4. The van der Waals surface area contributed by atoms with Gasteiger partial charge in [0.25, 0.3) is 0 Å². The molecule has 0 fully saturated rings. The minimum atomic E-state index is -0.902. The quantitative estimate of drug-likeness (QED) is 0.464. The fourth-order valence-corrected chi connectivity index (χ4v) is 2.27. The van der Waals surface area contributed by atoms with E-state index in [1.165, 1.54) is 21.1 Å². The average Bonchev–Trinajstić information content (AvgIpc) is 2.59. The Kier molecular flexibility index (Phi) is 7.83. The van der Waals surface area contributed by atoms with Gasteiger partial charge in [0.2, 0.25) is 0 Å². The van der Waals surface area contributed by atoms with Gasteiger partial charge in [0.1, 0.15) is 5.60 Å². The minimum absolute atomic E-state index is 0.0416. The van der Waals surface area contributed by atoms with Gasteiger partial charge in [-0.25, -0.2) is 14.4 Å². The lowest BCUT2D eigenvalue weighted by molar-refractivity contribution is -0.136. The summed E-state index contributed by atoms with van der Waals surface area (Å²) in [6.45, 7) is 6.68. The molecule has 2 amide bonds. The molecule has 8 nitrogen and oxygen atoms in total. The van der Waals surface area contributed by atoms with Crippen molar-refractivity contribution in [2.24, 2.45) is 0 Å². The lowest BCUT2D eigenvalue weighted by atomic mass is 9.97. The van der Waals surface area contributed by atoms with Crippen LogP contribution in [0.25, 0.3) is 0 Å². The average molecular weight is 378 g/mol. The summed E-state index contributed by atoms with van der Waals surface area (Å²) < 4.78 is 14.7. The van der Waals surface area contributed by atoms with E-state index in [0.29, 0.717) is 5.56 Å². The van der Waals surface area contributed by atoms with Crippen LogP contribution in [0.4, 0.5) is 9.59 Å². The number of carbonyl (C=O) groups excluding carboxylic acids is 3. The number of allylic oxidation sites excluding steroid dienone is 1. The summed E-state index contributed by atoms with van der Waals surface area (Å²) in [6, 6.07) is 7.86. The van der Waals surface area contributed by atoms with Crippen LogP contribution in [0.5, 0.6) is 0 Å². The predicted octanol–water partition coefficient (Wildman–Crippen LogP) is 3.06. The van der Waals surface area contributed by atoms with Gasteiger partial charge in [-0.1, -0.05) is 30.3 Å². The molecule has 0 aliphatic carbocycles. The molecule has 27 heavy (non-hydrogen) atoms. The van der Waals surface area contributed by atoms with Crippen molar-refractivity contribution in [2.75, 3.05) is 14.2 Å². The number of amides is 2. The van der Waals surface area contributed by atoms with Crippen LogP contribution in [0.1, 0.15) is 39.3 Å². The first-order valence-electron chi connectivity index (χ1n) is 8.27. The highest BCUT2D eigenvalue weighted by atomic mass is 16.6. The molecule has 0 aliphatic heterocycles. The molecule has 0 saturated heterocycles. The van der Waals surface area contributed by atoms with E-state index in [0.717, 1.165) is 0 Å². The molecule has 0 radical (unpaired) electrons. The number of ether oxygens (including phenoxy) is 3. The summed E-state index contributed by atoms with van der Waals surface area (Å²) >= 11 is 0. The molecule has 0 aliphatic rings. The smallest absolute Gasteiger partial charge is 0.411 e. The number of hydrogen-bond donors (Lipinski definition) is 2. The van der Waals surface area contributed by atoms with Crippen LogP contribution in [0.3, 0.4) is 0 Å². The number of carbonyl (C=O) groups is 3. The predicted molar refractivity (Wildman–Crippen MR) is 98.8 cm³/mol. The summed E-state index contributed by atoms with van der Waals surface area (Å²) in [7, 11) is 2.42. The zero-order chi connectivity index (χ0) is 20.6. The highest BCUT2D eigenvalue weighted by molar-refractivity contribution is 5.92. The zero-order valence-electron chi connectivity index (χ0n) is 16.4. The van der Waals surface area contributed by atoms with Gasteiger partial charge < -0.3 is 19.5 Å². The Balaban J connectivity index is 3.35. The Morgan fingerprint density at radius 2 is 1.56 bits per heavy atom.